The van der Waals surface area contributed by atoms with Crippen molar-refractivity contribution in [2.24, 2.45) is 0 Å². The minimum absolute atomic E-state index is 0.402. The Morgan fingerprint density at radius 2 is 1.86 bits per heavy atom. The highest BCUT2D eigenvalue weighted by atomic mass is 35.5. The maximum atomic E-state index is 6.28. The average Bonchev–Trinajstić information content (AvgIpc) is 3.09. The summed E-state index contributed by atoms with van der Waals surface area (Å²) in [6.45, 7) is 0. The van der Waals surface area contributed by atoms with Gasteiger partial charge in [-0.3, -0.25) is 0 Å². The quantitative estimate of drug-likeness (QED) is 0.602. The van der Waals surface area contributed by atoms with Crippen molar-refractivity contribution in [1.82, 2.24) is 40.6 Å². The van der Waals surface area contributed by atoms with E-state index in [0.29, 0.717) is 27.8 Å². The van der Waals surface area contributed by atoms with Crippen molar-refractivity contribution < 1.29 is 0 Å². The highest BCUT2D eigenvalue weighted by Gasteiger charge is 2.10. The van der Waals surface area contributed by atoms with Crippen LogP contribution in [0.3, 0.4) is 0 Å². The van der Waals surface area contributed by atoms with Gasteiger partial charge < -0.3 is 0 Å². The molecule has 0 bridgehead atoms. The summed E-state index contributed by atoms with van der Waals surface area (Å²) in [4.78, 5) is 16.6. The van der Waals surface area contributed by atoms with Crippen LogP contribution in [-0.4, -0.2) is 40.6 Å². The molecule has 0 amide bonds. The van der Waals surface area contributed by atoms with Crippen molar-refractivity contribution in [3.05, 3.63) is 42.1 Å². The van der Waals surface area contributed by atoms with Gasteiger partial charge in [0.2, 0.25) is 5.82 Å². The van der Waals surface area contributed by atoms with Crippen LogP contribution in [0.25, 0.3) is 33.7 Å². The Kier molecular flexibility index (Phi) is 2.94. The van der Waals surface area contributed by atoms with Crippen LogP contribution in [0.5, 0.6) is 0 Å². The van der Waals surface area contributed by atoms with Crippen molar-refractivity contribution in [1.29, 1.82) is 0 Å². The average molecular weight is 311 g/mol. The molecular formula is C13H7ClN8. The molecule has 0 unspecified atom stereocenters. The Morgan fingerprint density at radius 1 is 0.955 bits per heavy atom. The summed E-state index contributed by atoms with van der Waals surface area (Å²) in [6.07, 6.45) is 4.62. The second kappa shape index (κ2) is 5.08. The first kappa shape index (κ1) is 12.7. The molecule has 0 spiro atoms. The van der Waals surface area contributed by atoms with Crippen LogP contribution in [0, 0.1) is 0 Å². The summed E-state index contributed by atoms with van der Waals surface area (Å²) in [5.41, 5.74) is 2.80. The van der Waals surface area contributed by atoms with E-state index in [9.17, 15) is 0 Å². The Labute approximate surface area is 128 Å². The summed E-state index contributed by atoms with van der Waals surface area (Å²) < 4.78 is 0. The van der Waals surface area contributed by atoms with Crippen molar-refractivity contribution >= 4 is 22.5 Å². The Hall–Kier alpha value is -3.00. The van der Waals surface area contributed by atoms with Crippen LogP contribution >= 0.6 is 11.6 Å². The van der Waals surface area contributed by atoms with Gasteiger partial charge in [0, 0.05) is 17.1 Å². The van der Waals surface area contributed by atoms with Crippen LogP contribution in [0.15, 0.2) is 37.1 Å². The fraction of sp³-hybridized carbons (Fsp3) is 0. The zero-order chi connectivity index (χ0) is 14.9. The molecule has 8 nitrogen and oxygen atoms in total. The first-order valence-electron chi connectivity index (χ1n) is 6.27. The molecule has 1 aromatic carbocycles. The number of halogens is 1. The molecule has 0 saturated carbocycles. The van der Waals surface area contributed by atoms with E-state index in [1.165, 1.54) is 12.7 Å². The van der Waals surface area contributed by atoms with Crippen molar-refractivity contribution in [3.63, 3.8) is 0 Å². The van der Waals surface area contributed by atoms with E-state index in [2.05, 4.69) is 40.6 Å². The van der Waals surface area contributed by atoms with Crippen molar-refractivity contribution in [2.45, 2.75) is 0 Å². The monoisotopic (exact) mass is 310 g/mol. The van der Waals surface area contributed by atoms with Gasteiger partial charge in [-0.25, -0.2) is 19.9 Å². The summed E-state index contributed by atoms with van der Waals surface area (Å²) in [7, 11) is 0. The summed E-state index contributed by atoms with van der Waals surface area (Å²) in [6, 6.07) is 5.49. The molecular weight excluding hydrogens is 304 g/mol. The first-order chi connectivity index (χ1) is 10.8. The second-order valence-electron chi connectivity index (χ2n) is 4.44. The molecule has 3 aromatic heterocycles. The molecule has 4 rings (SSSR count). The van der Waals surface area contributed by atoms with Gasteiger partial charge in [0.15, 0.2) is 0 Å². The third-order valence-electron chi connectivity index (χ3n) is 3.10. The summed E-state index contributed by atoms with van der Waals surface area (Å²) in [5.74, 6) is 0.402. The number of nitrogens with one attached hydrogen (secondary N) is 1. The molecule has 0 atom stereocenters. The number of rotatable bonds is 2. The van der Waals surface area contributed by atoms with Crippen LogP contribution in [0.4, 0.5) is 0 Å². The number of aromatic nitrogens is 8. The van der Waals surface area contributed by atoms with E-state index >= 15 is 0 Å². The third kappa shape index (κ3) is 2.15. The number of benzene rings is 1. The molecule has 22 heavy (non-hydrogen) atoms. The van der Waals surface area contributed by atoms with E-state index in [1.54, 1.807) is 18.3 Å². The van der Waals surface area contributed by atoms with Crippen LogP contribution in [0.2, 0.25) is 5.02 Å². The van der Waals surface area contributed by atoms with E-state index in [-0.39, 0.29) is 0 Å². The lowest BCUT2D eigenvalue weighted by molar-refractivity contribution is 0.881. The van der Waals surface area contributed by atoms with Gasteiger partial charge in [-0.2, -0.15) is 5.21 Å². The predicted molar refractivity (Wildman–Crippen MR) is 78.7 cm³/mol. The molecule has 0 aliphatic heterocycles. The number of nitrogens with zero attached hydrogens (tertiary/aromatic N) is 7. The molecule has 0 aliphatic rings. The molecule has 0 fully saturated rings. The molecule has 4 aromatic rings. The third-order valence-corrected chi connectivity index (χ3v) is 3.39. The maximum absolute atomic E-state index is 6.28. The van der Waals surface area contributed by atoms with Gasteiger partial charge in [-0.15, -0.1) is 10.2 Å². The van der Waals surface area contributed by atoms with Gasteiger partial charge in [0.05, 0.1) is 16.2 Å². The topological polar surface area (TPSA) is 106 Å². The lowest BCUT2D eigenvalue weighted by Gasteiger charge is -2.05. The number of tetrazole rings is 1. The second-order valence-corrected chi connectivity index (χ2v) is 4.85. The number of fused-ring (bicyclic) bond motifs is 1. The molecule has 9 heteroatoms. The Balaban J connectivity index is 1.87. The fourth-order valence-electron chi connectivity index (χ4n) is 2.12. The number of hydrogen-bond acceptors (Lipinski definition) is 7. The largest absolute Gasteiger partial charge is 0.244 e. The Morgan fingerprint density at radius 3 is 2.73 bits per heavy atom. The molecule has 0 saturated heterocycles. The van der Waals surface area contributed by atoms with Crippen LogP contribution in [-0.2, 0) is 0 Å². The van der Waals surface area contributed by atoms with Gasteiger partial charge in [-0.05, 0) is 23.4 Å². The summed E-state index contributed by atoms with van der Waals surface area (Å²) in [5, 5.41) is 15.1. The first-order valence-corrected chi connectivity index (χ1v) is 6.64. The molecule has 0 radical (unpaired) electrons. The van der Waals surface area contributed by atoms with Gasteiger partial charge in [-0.1, -0.05) is 11.6 Å². The van der Waals surface area contributed by atoms with E-state index in [4.69, 9.17) is 11.6 Å². The highest BCUT2D eigenvalue weighted by molar-refractivity contribution is 6.35. The predicted octanol–water partition coefficient (Wildman–Crippen LogP) is 1.92. The van der Waals surface area contributed by atoms with E-state index < -0.39 is 0 Å². The summed E-state index contributed by atoms with van der Waals surface area (Å²) >= 11 is 6.28. The van der Waals surface area contributed by atoms with E-state index in [1.807, 2.05) is 6.07 Å². The minimum atomic E-state index is 0.402. The molecule has 106 valence electrons. The fourth-order valence-corrected chi connectivity index (χ4v) is 2.39. The van der Waals surface area contributed by atoms with Crippen molar-refractivity contribution in [3.8, 4) is 22.8 Å². The Bertz CT molecular complexity index is 953. The van der Waals surface area contributed by atoms with E-state index in [0.717, 1.165) is 10.9 Å². The van der Waals surface area contributed by atoms with Crippen LogP contribution in [0.1, 0.15) is 0 Å². The molecule has 1 N–H and O–H groups in total. The minimum Gasteiger partial charge on any atom is -0.244 e. The number of hydrogen-bond donors (Lipinski definition) is 1. The maximum Gasteiger partial charge on any atom is 0.223 e. The SMILES string of the molecule is Clc1cc(-c2cc(-c3nn[nH]n3)ncn2)cc2cncnc12. The van der Waals surface area contributed by atoms with Crippen LogP contribution < -0.4 is 0 Å². The standard InChI is InChI=1S/C13H7ClN8/c14-9-2-7(1-8-4-15-5-18-12(8)9)10-3-11(17-6-16-10)13-19-21-22-20-13/h1-6H,(H,19,20,21,22). The number of H-pyrrole nitrogens is 1. The highest BCUT2D eigenvalue weighted by Crippen LogP contribution is 2.29. The molecule has 3 heterocycles. The van der Waals surface area contributed by atoms with Crippen molar-refractivity contribution in [2.75, 3.05) is 0 Å². The lowest BCUT2D eigenvalue weighted by Crippen LogP contribution is -1.92. The number of aromatic amines is 1. The van der Waals surface area contributed by atoms with Gasteiger partial charge >= 0.3 is 0 Å². The normalized spacial score (nSPS) is 11.0. The zero-order valence-electron chi connectivity index (χ0n) is 11.0. The van der Waals surface area contributed by atoms with Gasteiger partial charge in [0.1, 0.15) is 18.3 Å². The lowest BCUT2D eigenvalue weighted by atomic mass is 10.1. The molecule has 0 aliphatic carbocycles. The zero-order valence-corrected chi connectivity index (χ0v) is 11.7. The van der Waals surface area contributed by atoms with Gasteiger partial charge in [0.25, 0.3) is 0 Å². The smallest absolute Gasteiger partial charge is 0.223 e.